The maximum Gasteiger partial charge on any atom is 0.220 e. The Morgan fingerprint density at radius 3 is 2.75 bits per heavy atom. The molecule has 1 unspecified atom stereocenters. The van der Waals surface area contributed by atoms with Crippen LogP contribution in [0.4, 0.5) is 0 Å². The molecule has 3 nitrogen and oxygen atoms in total. The number of hydrogen-bond donors (Lipinski definition) is 2. The maximum absolute atomic E-state index is 12.0. The van der Waals surface area contributed by atoms with Crippen LogP contribution < -0.4 is 11.1 Å². The van der Waals surface area contributed by atoms with Crippen LogP contribution in [-0.4, -0.2) is 18.5 Å². The average molecular weight is 317 g/mol. The molecule has 0 aliphatic heterocycles. The Balaban J connectivity index is 0.00000200. The van der Waals surface area contributed by atoms with E-state index in [4.69, 9.17) is 5.73 Å². The first-order chi connectivity index (χ1) is 9.29. The van der Waals surface area contributed by atoms with E-state index in [1.54, 1.807) is 11.3 Å². The second-order valence-corrected chi connectivity index (χ2v) is 6.22. The van der Waals surface area contributed by atoms with Gasteiger partial charge in [0.15, 0.2) is 0 Å². The highest BCUT2D eigenvalue weighted by molar-refractivity contribution is 7.07. The summed E-state index contributed by atoms with van der Waals surface area (Å²) in [6, 6.07) is 2.26. The van der Waals surface area contributed by atoms with Gasteiger partial charge in [0.05, 0.1) is 0 Å². The fraction of sp³-hybridized carbons (Fsp3) is 0.667. The number of rotatable bonds is 6. The smallest absolute Gasteiger partial charge is 0.220 e. The third kappa shape index (κ3) is 5.43. The summed E-state index contributed by atoms with van der Waals surface area (Å²) in [5.74, 6) is 0.732. The van der Waals surface area contributed by atoms with E-state index in [9.17, 15) is 4.79 Å². The summed E-state index contributed by atoms with van der Waals surface area (Å²) >= 11 is 1.68. The van der Waals surface area contributed by atoms with Gasteiger partial charge in [0.1, 0.15) is 0 Å². The van der Waals surface area contributed by atoms with Gasteiger partial charge < -0.3 is 11.1 Å². The molecule has 2 rings (SSSR count). The Morgan fingerprint density at radius 1 is 1.40 bits per heavy atom. The molecule has 1 amide bonds. The molecule has 1 aliphatic carbocycles. The van der Waals surface area contributed by atoms with Crippen LogP contribution in [0.3, 0.4) is 0 Å². The lowest BCUT2D eigenvalue weighted by Crippen LogP contribution is -2.45. The zero-order chi connectivity index (χ0) is 13.5. The van der Waals surface area contributed by atoms with Crippen LogP contribution in [0.15, 0.2) is 16.8 Å². The normalized spacial score (nSPS) is 17.2. The second-order valence-electron chi connectivity index (χ2n) is 5.44. The van der Waals surface area contributed by atoms with E-state index >= 15 is 0 Å². The third-order valence-corrected chi connectivity index (χ3v) is 4.77. The topological polar surface area (TPSA) is 55.1 Å². The minimum absolute atomic E-state index is 0. The van der Waals surface area contributed by atoms with E-state index in [1.807, 2.05) is 0 Å². The van der Waals surface area contributed by atoms with Gasteiger partial charge in [0.2, 0.25) is 5.91 Å². The minimum Gasteiger partial charge on any atom is -0.352 e. The first-order valence-corrected chi connectivity index (χ1v) is 8.24. The quantitative estimate of drug-likeness (QED) is 0.847. The molecule has 1 fully saturated rings. The standard InChI is InChI=1S/C15H24N2OS.ClH/c16-10-14(13-4-2-1-3-5-13)17-15(18)7-6-12-8-9-19-11-12;/h8-9,11,13-14H,1-7,10,16H2,(H,17,18);1H. The van der Waals surface area contributed by atoms with Gasteiger partial charge >= 0.3 is 0 Å². The highest BCUT2D eigenvalue weighted by Crippen LogP contribution is 2.26. The Labute approximate surface area is 131 Å². The fourth-order valence-electron chi connectivity index (χ4n) is 2.88. The highest BCUT2D eigenvalue weighted by atomic mass is 35.5. The zero-order valence-electron chi connectivity index (χ0n) is 11.8. The molecule has 1 aromatic heterocycles. The third-order valence-electron chi connectivity index (χ3n) is 4.04. The van der Waals surface area contributed by atoms with Gasteiger partial charge in [-0.05, 0) is 47.6 Å². The van der Waals surface area contributed by atoms with Crippen LogP contribution in [0.5, 0.6) is 0 Å². The van der Waals surface area contributed by atoms with E-state index in [-0.39, 0.29) is 24.4 Å². The summed E-state index contributed by atoms with van der Waals surface area (Å²) in [5, 5.41) is 7.30. The van der Waals surface area contributed by atoms with Gasteiger partial charge in [-0.1, -0.05) is 19.3 Å². The molecular weight excluding hydrogens is 292 g/mol. The Morgan fingerprint density at radius 2 is 2.15 bits per heavy atom. The molecule has 0 spiro atoms. The van der Waals surface area contributed by atoms with Crippen molar-refractivity contribution in [3.8, 4) is 0 Å². The average Bonchev–Trinajstić information content (AvgIpc) is 2.97. The summed E-state index contributed by atoms with van der Waals surface area (Å²) in [6.45, 7) is 0.564. The van der Waals surface area contributed by atoms with Crippen molar-refractivity contribution in [3.05, 3.63) is 22.4 Å². The van der Waals surface area contributed by atoms with Crippen LogP contribution in [0.2, 0.25) is 0 Å². The molecule has 20 heavy (non-hydrogen) atoms. The lowest BCUT2D eigenvalue weighted by molar-refractivity contribution is -0.122. The fourth-order valence-corrected chi connectivity index (χ4v) is 3.58. The van der Waals surface area contributed by atoms with Gasteiger partial charge in [0, 0.05) is 19.0 Å². The second kappa shape index (κ2) is 9.37. The number of carbonyl (C=O) groups is 1. The molecule has 0 saturated heterocycles. The number of hydrogen-bond acceptors (Lipinski definition) is 3. The predicted octanol–water partition coefficient (Wildman–Crippen LogP) is 3.13. The van der Waals surface area contributed by atoms with E-state index in [1.165, 1.54) is 37.7 Å². The first-order valence-electron chi connectivity index (χ1n) is 7.30. The summed E-state index contributed by atoms with van der Waals surface area (Å²) in [6.07, 6.45) is 7.73. The molecule has 3 N–H and O–H groups in total. The maximum atomic E-state index is 12.0. The Kier molecular flexibility index (Phi) is 8.19. The molecular formula is C15H25ClN2OS. The largest absolute Gasteiger partial charge is 0.352 e. The van der Waals surface area contributed by atoms with Crippen molar-refractivity contribution in [2.24, 2.45) is 11.7 Å². The molecule has 1 saturated carbocycles. The lowest BCUT2D eigenvalue weighted by Gasteiger charge is -2.30. The summed E-state index contributed by atoms with van der Waals surface area (Å²) < 4.78 is 0. The van der Waals surface area contributed by atoms with Gasteiger partial charge in [-0.25, -0.2) is 0 Å². The van der Waals surface area contributed by atoms with Crippen molar-refractivity contribution in [2.75, 3.05) is 6.54 Å². The number of nitrogens with two attached hydrogens (primary N) is 1. The minimum atomic E-state index is 0. The number of aryl methyl sites for hydroxylation is 1. The molecule has 5 heteroatoms. The highest BCUT2D eigenvalue weighted by Gasteiger charge is 2.23. The molecule has 0 aromatic carbocycles. The van der Waals surface area contributed by atoms with Crippen molar-refractivity contribution in [1.82, 2.24) is 5.32 Å². The van der Waals surface area contributed by atoms with Crippen LogP contribution >= 0.6 is 23.7 Å². The summed E-state index contributed by atoms with van der Waals surface area (Å²) in [5.41, 5.74) is 7.08. The predicted molar refractivity (Wildman–Crippen MR) is 87.4 cm³/mol. The molecule has 0 bridgehead atoms. The van der Waals surface area contributed by atoms with Gasteiger partial charge in [-0.2, -0.15) is 11.3 Å². The van der Waals surface area contributed by atoms with E-state index < -0.39 is 0 Å². The monoisotopic (exact) mass is 316 g/mol. The first kappa shape index (κ1) is 17.5. The van der Waals surface area contributed by atoms with Crippen LogP contribution in [0, 0.1) is 5.92 Å². The van der Waals surface area contributed by atoms with Crippen molar-refractivity contribution < 1.29 is 4.79 Å². The van der Waals surface area contributed by atoms with Crippen LogP contribution in [-0.2, 0) is 11.2 Å². The van der Waals surface area contributed by atoms with Crippen molar-refractivity contribution in [1.29, 1.82) is 0 Å². The zero-order valence-corrected chi connectivity index (χ0v) is 13.5. The van der Waals surface area contributed by atoms with E-state index in [2.05, 4.69) is 22.1 Å². The van der Waals surface area contributed by atoms with Crippen LogP contribution in [0.1, 0.15) is 44.1 Å². The molecule has 114 valence electrons. The molecule has 1 heterocycles. The van der Waals surface area contributed by atoms with Gasteiger partial charge in [-0.15, -0.1) is 12.4 Å². The summed E-state index contributed by atoms with van der Waals surface area (Å²) in [4.78, 5) is 12.0. The van der Waals surface area contributed by atoms with Crippen LogP contribution in [0.25, 0.3) is 0 Å². The van der Waals surface area contributed by atoms with Crippen molar-refractivity contribution in [2.45, 2.75) is 51.0 Å². The Hall–Kier alpha value is -0.580. The van der Waals surface area contributed by atoms with E-state index in [0.717, 1.165) is 6.42 Å². The SMILES string of the molecule is Cl.NCC(NC(=O)CCc1ccsc1)C1CCCCC1. The van der Waals surface area contributed by atoms with Crippen molar-refractivity contribution >= 4 is 29.7 Å². The molecule has 0 radical (unpaired) electrons. The number of amides is 1. The number of halogens is 1. The van der Waals surface area contributed by atoms with Crippen molar-refractivity contribution in [3.63, 3.8) is 0 Å². The van der Waals surface area contributed by atoms with Gasteiger partial charge in [-0.3, -0.25) is 4.79 Å². The summed E-state index contributed by atoms with van der Waals surface area (Å²) in [7, 11) is 0. The van der Waals surface area contributed by atoms with Gasteiger partial charge in [0.25, 0.3) is 0 Å². The number of carbonyl (C=O) groups excluding carboxylic acids is 1. The molecule has 1 aromatic rings. The number of thiophene rings is 1. The Bertz CT molecular complexity index is 377. The molecule has 1 aliphatic rings. The van der Waals surface area contributed by atoms with E-state index in [0.29, 0.717) is 18.9 Å². The number of nitrogens with one attached hydrogen (secondary N) is 1. The lowest BCUT2D eigenvalue weighted by atomic mass is 9.84. The molecule has 1 atom stereocenters.